The van der Waals surface area contributed by atoms with Crippen molar-refractivity contribution in [3.63, 3.8) is 0 Å². The third kappa shape index (κ3) is 2.09. The molecule has 1 aromatic rings. The zero-order chi connectivity index (χ0) is 14.4. The van der Waals surface area contributed by atoms with Crippen molar-refractivity contribution in [1.29, 1.82) is 0 Å². The van der Waals surface area contributed by atoms with Gasteiger partial charge in [-0.15, -0.1) is 0 Å². The predicted molar refractivity (Wildman–Crippen MR) is 68.1 cm³/mol. The van der Waals surface area contributed by atoms with Crippen molar-refractivity contribution in [2.45, 2.75) is 18.9 Å². The molecule has 4 amide bonds. The van der Waals surface area contributed by atoms with Crippen molar-refractivity contribution >= 4 is 23.6 Å². The lowest BCUT2D eigenvalue weighted by atomic mass is 10.0. The van der Waals surface area contributed by atoms with Crippen LogP contribution >= 0.6 is 0 Å². The van der Waals surface area contributed by atoms with Crippen LogP contribution in [0, 0.1) is 5.82 Å². The molecule has 0 radical (unpaired) electrons. The first-order chi connectivity index (χ1) is 9.50. The van der Waals surface area contributed by atoms with Crippen molar-refractivity contribution in [2.75, 3.05) is 0 Å². The Kier molecular flexibility index (Phi) is 3.56. The SMILES string of the molecule is N.O=C1CCC(N2C(=O)c3cccc(F)c3C2=O)C(=O)N1. The lowest BCUT2D eigenvalue weighted by molar-refractivity contribution is -0.136. The highest BCUT2D eigenvalue weighted by Crippen LogP contribution is 2.28. The summed E-state index contributed by atoms with van der Waals surface area (Å²) >= 11 is 0. The lowest BCUT2D eigenvalue weighted by Crippen LogP contribution is -2.54. The highest BCUT2D eigenvalue weighted by atomic mass is 19.1. The minimum Gasteiger partial charge on any atom is -0.344 e. The number of hydrogen-bond acceptors (Lipinski definition) is 5. The number of piperidine rings is 1. The molecule has 2 heterocycles. The molecular weight excluding hydrogens is 281 g/mol. The molecule has 1 aromatic carbocycles. The topological polar surface area (TPSA) is 119 Å². The Bertz CT molecular complexity index is 673. The first-order valence-electron chi connectivity index (χ1n) is 6.01. The van der Waals surface area contributed by atoms with Crippen LogP contribution in [0.5, 0.6) is 0 Å². The van der Waals surface area contributed by atoms with Crippen molar-refractivity contribution in [3.05, 3.63) is 35.1 Å². The van der Waals surface area contributed by atoms with Crippen LogP contribution in [0.2, 0.25) is 0 Å². The summed E-state index contributed by atoms with van der Waals surface area (Å²) in [5, 5.41) is 2.07. The second kappa shape index (κ2) is 5.06. The minimum atomic E-state index is -1.07. The molecule has 2 aliphatic heterocycles. The molecule has 1 unspecified atom stereocenters. The number of nitrogens with zero attached hydrogens (tertiary/aromatic N) is 1. The molecule has 2 aliphatic rings. The van der Waals surface area contributed by atoms with E-state index >= 15 is 0 Å². The third-order valence-electron chi connectivity index (χ3n) is 3.42. The van der Waals surface area contributed by atoms with Crippen molar-refractivity contribution < 1.29 is 23.6 Å². The average molecular weight is 293 g/mol. The van der Waals surface area contributed by atoms with E-state index in [0.717, 1.165) is 11.0 Å². The number of amides is 4. The number of fused-ring (bicyclic) bond motifs is 1. The molecule has 3 rings (SSSR count). The van der Waals surface area contributed by atoms with E-state index in [4.69, 9.17) is 0 Å². The normalized spacial score (nSPS) is 21.0. The molecule has 110 valence electrons. The Morgan fingerprint density at radius 3 is 2.48 bits per heavy atom. The van der Waals surface area contributed by atoms with E-state index in [1.54, 1.807) is 0 Å². The standard InChI is InChI=1S/C13H9FN2O4.H3N/c14-7-3-1-2-6-10(7)13(20)16(12(6)19)8-4-5-9(17)15-11(8)18;/h1-3,8H,4-5H2,(H,15,17,18);1H3. The Balaban J connectivity index is 0.00000161. The monoisotopic (exact) mass is 293 g/mol. The Morgan fingerprint density at radius 1 is 1.14 bits per heavy atom. The molecule has 0 spiro atoms. The quantitative estimate of drug-likeness (QED) is 0.726. The van der Waals surface area contributed by atoms with Gasteiger partial charge >= 0.3 is 0 Å². The number of carbonyl (C=O) groups is 4. The van der Waals surface area contributed by atoms with Crippen LogP contribution in [-0.4, -0.2) is 34.6 Å². The van der Waals surface area contributed by atoms with Gasteiger partial charge in [-0.3, -0.25) is 29.4 Å². The molecule has 0 saturated carbocycles. The zero-order valence-corrected chi connectivity index (χ0v) is 10.9. The minimum absolute atomic E-state index is 0. The summed E-state index contributed by atoms with van der Waals surface area (Å²) in [5.41, 5.74) is -0.373. The summed E-state index contributed by atoms with van der Waals surface area (Å²) in [6, 6.07) is 2.68. The largest absolute Gasteiger partial charge is 0.344 e. The van der Waals surface area contributed by atoms with Gasteiger partial charge in [-0.1, -0.05) is 6.07 Å². The first-order valence-corrected chi connectivity index (χ1v) is 6.01. The van der Waals surface area contributed by atoms with Gasteiger partial charge in [0.15, 0.2) is 0 Å². The van der Waals surface area contributed by atoms with Gasteiger partial charge in [0, 0.05) is 6.42 Å². The molecule has 0 aliphatic carbocycles. The van der Waals surface area contributed by atoms with Crippen LogP contribution in [0.4, 0.5) is 4.39 Å². The molecule has 0 bridgehead atoms. The Hall–Kier alpha value is -2.61. The van der Waals surface area contributed by atoms with Crippen molar-refractivity contribution in [2.24, 2.45) is 0 Å². The summed E-state index contributed by atoms with van der Waals surface area (Å²) in [6.45, 7) is 0. The number of nitrogens with one attached hydrogen (secondary N) is 1. The Morgan fingerprint density at radius 2 is 1.86 bits per heavy atom. The number of rotatable bonds is 1. The number of benzene rings is 1. The van der Waals surface area contributed by atoms with Gasteiger partial charge < -0.3 is 6.15 Å². The molecule has 4 N–H and O–H groups in total. The number of hydrogen-bond donors (Lipinski definition) is 2. The summed E-state index contributed by atoms with van der Waals surface area (Å²) in [5.74, 6) is -3.50. The number of imide groups is 2. The second-order valence-electron chi connectivity index (χ2n) is 4.61. The van der Waals surface area contributed by atoms with Gasteiger partial charge in [0.05, 0.1) is 11.1 Å². The molecular formula is C13H12FN3O4. The third-order valence-corrected chi connectivity index (χ3v) is 3.42. The van der Waals surface area contributed by atoms with Crippen LogP contribution in [-0.2, 0) is 9.59 Å². The molecule has 0 aromatic heterocycles. The van der Waals surface area contributed by atoms with Crippen LogP contribution in [0.3, 0.4) is 0 Å². The zero-order valence-electron chi connectivity index (χ0n) is 10.9. The summed E-state index contributed by atoms with van der Waals surface area (Å²) < 4.78 is 13.7. The van der Waals surface area contributed by atoms with Crippen LogP contribution in [0.1, 0.15) is 33.6 Å². The fourth-order valence-corrected chi connectivity index (χ4v) is 2.47. The van der Waals surface area contributed by atoms with Gasteiger partial charge in [0.2, 0.25) is 11.8 Å². The van der Waals surface area contributed by atoms with Crippen molar-refractivity contribution in [1.82, 2.24) is 16.4 Å². The van der Waals surface area contributed by atoms with Gasteiger partial charge in [-0.2, -0.15) is 0 Å². The lowest BCUT2D eigenvalue weighted by Gasteiger charge is -2.27. The van der Waals surface area contributed by atoms with E-state index in [1.165, 1.54) is 12.1 Å². The maximum Gasteiger partial charge on any atom is 0.265 e. The maximum absolute atomic E-state index is 13.7. The van der Waals surface area contributed by atoms with Crippen LogP contribution in [0.15, 0.2) is 18.2 Å². The second-order valence-corrected chi connectivity index (χ2v) is 4.61. The highest BCUT2D eigenvalue weighted by molar-refractivity contribution is 6.23. The summed E-state index contributed by atoms with van der Waals surface area (Å²) in [6.07, 6.45) is 0.0873. The first kappa shape index (κ1) is 14.8. The highest BCUT2D eigenvalue weighted by Gasteiger charge is 2.45. The summed E-state index contributed by atoms with van der Waals surface area (Å²) in [4.78, 5) is 47.9. The van der Waals surface area contributed by atoms with Crippen LogP contribution < -0.4 is 11.5 Å². The smallest absolute Gasteiger partial charge is 0.265 e. The molecule has 8 heteroatoms. The van der Waals surface area contributed by atoms with Crippen LogP contribution in [0.25, 0.3) is 0 Å². The van der Waals surface area contributed by atoms with Gasteiger partial charge in [-0.25, -0.2) is 4.39 Å². The number of carbonyl (C=O) groups excluding carboxylic acids is 4. The van der Waals surface area contributed by atoms with Gasteiger partial charge in [0.25, 0.3) is 11.8 Å². The molecule has 1 fully saturated rings. The van der Waals surface area contributed by atoms with E-state index in [-0.39, 0.29) is 30.1 Å². The average Bonchev–Trinajstić information content (AvgIpc) is 2.64. The van der Waals surface area contributed by atoms with Crippen molar-refractivity contribution in [3.8, 4) is 0 Å². The fourth-order valence-electron chi connectivity index (χ4n) is 2.47. The summed E-state index contributed by atoms with van der Waals surface area (Å²) in [7, 11) is 0. The Labute approximate surface area is 118 Å². The van der Waals surface area contributed by atoms with E-state index < -0.39 is 35.5 Å². The van der Waals surface area contributed by atoms with Gasteiger partial charge in [0.1, 0.15) is 11.9 Å². The van der Waals surface area contributed by atoms with E-state index in [2.05, 4.69) is 5.32 Å². The van der Waals surface area contributed by atoms with E-state index in [9.17, 15) is 23.6 Å². The number of halogens is 1. The predicted octanol–water partition coefficient (Wildman–Crippen LogP) is 0.389. The molecule has 1 saturated heterocycles. The van der Waals surface area contributed by atoms with Gasteiger partial charge in [-0.05, 0) is 18.6 Å². The molecule has 21 heavy (non-hydrogen) atoms. The molecule has 1 atom stereocenters. The maximum atomic E-state index is 13.7. The van der Waals surface area contributed by atoms with E-state index in [1.807, 2.05) is 0 Å². The molecule has 7 nitrogen and oxygen atoms in total. The van der Waals surface area contributed by atoms with E-state index in [0.29, 0.717) is 0 Å². The fraction of sp³-hybridized carbons (Fsp3) is 0.231.